The maximum atomic E-state index is 5.21. The predicted octanol–water partition coefficient (Wildman–Crippen LogP) is 1.34. The van der Waals surface area contributed by atoms with E-state index in [9.17, 15) is 0 Å². The molecule has 0 fully saturated rings. The first-order valence-corrected chi connectivity index (χ1v) is 4.82. The first-order valence-electron chi connectivity index (χ1n) is 4.82. The zero-order valence-electron chi connectivity index (χ0n) is 10.1. The molecule has 0 aliphatic rings. The maximum absolute atomic E-state index is 5.21. The Morgan fingerprint density at radius 1 is 1.24 bits per heavy atom. The van der Waals surface area contributed by atoms with Crippen LogP contribution in [0.15, 0.2) is 22.3 Å². The predicted molar refractivity (Wildman–Crippen MR) is 73.1 cm³/mol. The Morgan fingerprint density at radius 3 is 2.41 bits per heavy atom. The van der Waals surface area contributed by atoms with Gasteiger partial charge >= 0.3 is 0 Å². The number of methoxy groups -OCH3 is 1. The minimum Gasteiger partial charge on any atom is -0.496 e. The van der Waals surface area contributed by atoms with Crippen molar-refractivity contribution in [2.24, 2.45) is 21.7 Å². The number of nitrogens with zero attached hydrogens (tertiary/aromatic N) is 2. The third kappa shape index (κ3) is 3.96. The fourth-order valence-electron chi connectivity index (χ4n) is 1.34. The summed E-state index contributed by atoms with van der Waals surface area (Å²) in [4.78, 5) is 0. The molecule has 0 saturated carbocycles. The van der Waals surface area contributed by atoms with Crippen LogP contribution in [0.5, 0.6) is 5.75 Å². The smallest absolute Gasteiger partial charge is 0.211 e. The number of ether oxygens (including phenoxy) is 1. The zero-order chi connectivity index (χ0) is 12.1. The van der Waals surface area contributed by atoms with Gasteiger partial charge in [-0.3, -0.25) is 0 Å². The quantitative estimate of drug-likeness (QED) is 0.486. The Labute approximate surface area is 107 Å². The summed E-state index contributed by atoms with van der Waals surface area (Å²) < 4.78 is 5.21. The standard InChI is InChI=1S/C11H16N4O.ClH/c1-7-8(2)10(16-3)5-4-9(7)6-14-15-11(12)13;/h4-6H,1-3H3,(H4,12,13,15);1H. The molecule has 0 amide bonds. The molecule has 0 aliphatic heterocycles. The highest BCUT2D eigenvalue weighted by Crippen LogP contribution is 2.22. The van der Waals surface area contributed by atoms with Crippen LogP contribution in [0.2, 0.25) is 0 Å². The van der Waals surface area contributed by atoms with E-state index in [0.717, 1.165) is 22.4 Å². The van der Waals surface area contributed by atoms with E-state index in [0.29, 0.717) is 0 Å². The van der Waals surface area contributed by atoms with Crippen LogP contribution in [0.3, 0.4) is 0 Å². The van der Waals surface area contributed by atoms with Gasteiger partial charge in [0.05, 0.1) is 13.3 Å². The zero-order valence-corrected chi connectivity index (χ0v) is 10.9. The molecule has 5 nitrogen and oxygen atoms in total. The summed E-state index contributed by atoms with van der Waals surface area (Å²) >= 11 is 0. The van der Waals surface area contributed by atoms with Crippen molar-refractivity contribution in [2.75, 3.05) is 7.11 Å². The molecule has 0 bridgehead atoms. The van der Waals surface area contributed by atoms with E-state index in [1.54, 1.807) is 13.3 Å². The van der Waals surface area contributed by atoms with E-state index >= 15 is 0 Å². The molecule has 0 aromatic heterocycles. The first kappa shape index (κ1) is 15.2. The highest BCUT2D eigenvalue weighted by molar-refractivity contribution is 5.85. The third-order valence-electron chi connectivity index (χ3n) is 2.37. The van der Waals surface area contributed by atoms with Crippen molar-refractivity contribution in [2.45, 2.75) is 13.8 Å². The molecule has 1 aromatic carbocycles. The SMILES string of the molecule is COc1ccc(C=NN=C(N)N)c(C)c1C.Cl. The lowest BCUT2D eigenvalue weighted by Crippen LogP contribution is -2.21. The summed E-state index contributed by atoms with van der Waals surface area (Å²) in [5.41, 5.74) is 13.5. The Hall–Kier alpha value is -1.75. The van der Waals surface area contributed by atoms with Crippen molar-refractivity contribution < 1.29 is 4.74 Å². The second-order valence-corrected chi connectivity index (χ2v) is 3.38. The summed E-state index contributed by atoms with van der Waals surface area (Å²) in [5.74, 6) is 0.802. The fraction of sp³-hybridized carbons (Fsp3) is 0.273. The van der Waals surface area contributed by atoms with Gasteiger partial charge in [-0.2, -0.15) is 5.10 Å². The van der Waals surface area contributed by atoms with Crippen molar-refractivity contribution in [3.05, 3.63) is 28.8 Å². The van der Waals surface area contributed by atoms with Crippen molar-refractivity contribution in [3.63, 3.8) is 0 Å². The normalized spacial score (nSPS) is 9.82. The highest BCUT2D eigenvalue weighted by atomic mass is 35.5. The topological polar surface area (TPSA) is 86.0 Å². The molecule has 0 radical (unpaired) electrons. The Bertz CT molecular complexity index is 439. The lowest BCUT2D eigenvalue weighted by Gasteiger charge is -2.09. The average Bonchev–Trinajstić information content (AvgIpc) is 2.24. The van der Waals surface area contributed by atoms with Gasteiger partial charge in [-0.1, -0.05) is 0 Å². The van der Waals surface area contributed by atoms with Gasteiger partial charge in [-0.25, -0.2) is 0 Å². The van der Waals surface area contributed by atoms with Crippen LogP contribution in [-0.2, 0) is 0 Å². The molecular formula is C11H17ClN4O. The van der Waals surface area contributed by atoms with Gasteiger partial charge in [0.2, 0.25) is 5.96 Å². The second-order valence-electron chi connectivity index (χ2n) is 3.38. The lowest BCUT2D eigenvalue weighted by molar-refractivity contribution is 0.411. The maximum Gasteiger partial charge on any atom is 0.211 e. The van der Waals surface area contributed by atoms with Gasteiger partial charge in [0.25, 0.3) is 0 Å². The molecule has 1 aromatic rings. The summed E-state index contributed by atoms with van der Waals surface area (Å²) in [6.45, 7) is 3.99. The third-order valence-corrected chi connectivity index (χ3v) is 2.37. The van der Waals surface area contributed by atoms with Gasteiger partial charge in [0.1, 0.15) is 5.75 Å². The summed E-state index contributed by atoms with van der Waals surface area (Å²) in [7, 11) is 1.65. The van der Waals surface area contributed by atoms with Crippen LogP contribution < -0.4 is 16.2 Å². The van der Waals surface area contributed by atoms with Gasteiger partial charge in [0, 0.05) is 0 Å². The second kappa shape index (κ2) is 6.75. The molecule has 94 valence electrons. The molecule has 0 aliphatic carbocycles. The van der Waals surface area contributed by atoms with Crippen molar-refractivity contribution >= 4 is 24.6 Å². The van der Waals surface area contributed by atoms with E-state index < -0.39 is 0 Å². The van der Waals surface area contributed by atoms with Crippen LogP contribution in [0.4, 0.5) is 0 Å². The van der Waals surface area contributed by atoms with Gasteiger partial charge in [0.15, 0.2) is 0 Å². The number of guanidine groups is 1. The number of hydrogen-bond donors (Lipinski definition) is 2. The van der Waals surface area contributed by atoms with Gasteiger partial charge < -0.3 is 16.2 Å². The van der Waals surface area contributed by atoms with Crippen LogP contribution in [0.1, 0.15) is 16.7 Å². The molecule has 6 heteroatoms. The molecule has 0 saturated heterocycles. The monoisotopic (exact) mass is 256 g/mol. The van der Waals surface area contributed by atoms with Gasteiger partial charge in [-0.05, 0) is 42.7 Å². The Kier molecular flexibility index (Phi) is 6.06. The van der Waals surface area contributed by atoms with E-state index in [2.05, 4.69) is 10.2 Å². The molecule has 1 rings (SSSR count). The Morgan fingerprint density at radius 2 is 1.88 bits per heavy atom. The van der Waals surface area contributed by atoms with Crippen molar-refractivity contribution in [3.8, 4) is 5.75 Å². The highest BCUT2D eigenvalue weighted by Gasteiger charge is 2.04. The van der Waals surface area contributed by atoms with Crippen LogP contribution in [0, 0.1) is 13.8 Å². The average molecular weight is 257 g/mol. The van der Waals surface area contributed by atoms with Crippen LogP contribution in [0.25, 0.3) is 0 Å². The molecule has 0 unspecified atom stereocenters. The van der Waals surface area contributed by atoms with Crippen LogP contribution >= 0.6 is 12.4 Å². The molecule has 17 heavy (non-hydrogen) atoms. The largest absolute Gasteiger partial charge is 0.496 e. The molecular weight excluding hydrogens is 240 g/mol. The Balaban J connectivity index is 0.00000256. The minimum absolute atomic E-state index is 0. The first-order chi connectivity index (χ1) is 7.56. The van der Waals surface area contributed by atoms with E-state index in [4.69, 9.17) is 16.2 Å². The number of nitrogens with two attached hydrogens (primary N) is 2. The van der Waals surface area contributed by atoms with Crippen molar-refractivity contribution in [1.29, 1.82) is 0 Å². The van der Waals surface area contributed by atoms with Gasteiger partial charge in [-0.15, -0.1) is 17.5 Å². The number of halogens is 1. The van der Waals surface area contributed by atoms with Crippen LogP contribution in [-0.4, -0.2) is 19.3 Å². The van der Waals surface area contributed by atoms with E-state index in [-0.39, 0.29) is 18.4 Å². The molecule has 0 atom stereocenters. The number of rotatable bonds is 3. The number of hydrogen-bond acceptors (Lipinski definition) is 3. The fourth-order valence-corrected chi connectivity index (χ4v) is 1.34. The minimum atomic E-state index is -0.0564. The summed E-state index contributed by atoms with van der Waals surface area (Å²) in [6.07, 6.45) is 1.61. The molecule has 0 spiro atoms. The lowest BCUT2D eigenvalue weighted by atomic mass is 10.0. The summed E-state index contributed by atoms with van der Waals surface area (Å²) in [5, 5.41) is 7.31. The van der Waals surface area contributed by atoms with Crippen molar-refractivity contribution in [1.82, 2.24) is 0 Å². The molecule has 0 heterocycles. The molecule has 4 N–H and O–H groups in total. The van der Waals surface area contributed by atoms with E-state index in [1.807, 2.05) is 26.0 Å². The number of benzene rings is 1. The summed E-state index contributed by atoms with van der Waals surface area (Å²) in [6, 6.07) is 3.80. The van der Waals surface area contributed by atoms with E-state index in [1.165, 1.54) is 0 Å².